The Morgan fingerprint density at radius 2 is 2.25 bits per heavy atom. The summed E-state index contributed by atoms with van der Waals surface area (Å²) in [6.45, 7) is 3.59. The minimum Gasteiger partial charge on any atom is -0.326 e. The van der Waals surface area contributed by atoms with Crippen molar-refractivity contribution in [2.75, 3.05) is 20.1 Å². The van der Waals surface area contributed by atoms with Crippen LogP contribution in [0.2, 0.25) is 0 Å². The molecule has 114 valence electrons. The van der Waals surface area contributed by atoms with Crippen LogP contribution >= 0.6 is 11.3 Å². The number of aryl methyl sites for hydroxylation is 1. The topological polar surface area (TPSA) is 75.4 Å². The van der Waals surface area contributed by atoms with E-state index in [9.17, 15) is 8.42 Å². The fourth-order valence-corrected chi connectivity index (χ4v) is 5.44. The van der Waals surface area contributed by atoms with Gasteiger partial charge >= 0.3 is 0 Å². The van der Waals surface area contributed by atoms with E-state index in [0.29, 0.717) is 17.5 Å². The zero-order chi connectivity index (χ0) is 14.8. The number of hydrogen-bond acceptors (Lipinski definition) is 5. The van der Waals surface area contributed by atoms with Crippen molar-refractivity contribution in [3.8, 4) is 0 Å². The van der Waals surface area contributed by atoms with Crippen molar-refractivity contribution in [1.29, 1.82) is 0 Å². The van der Waals surface area contributed by atoms with Crippen LogP contribution in [0.4, 0.5) is 0 Å². The first-order chi connectivity index (χ1) is 9.45. The SMILES string of the molecule is Cc1csc(CN)c1S(=O)(=O)NCC1CCCCN1C. The van der Waals surface area contributed by atoms with Crippen LogP contribution in [-0.2, 0) is 16.6 Å². The Morgan fingerprint density at radius 3 is 2.90 bits per heavy atom. The van der Waals surface area contributed by atoms with Crippen LogP contribution < -0.4 is 10.5 Å². The third-order valence-corrected chi connectivity index (χ3v) is 6.78. The minimum absolute atomic E-state index is 0.262. The molecule has 1 saturated heterocycles. The highest BCUT2D eigenvalue weighted by molar-refractivity contribution is 7.89. The molecule has 0 spiro atoms. The first-order valence-electron chi connectivity index (χ1n) is 6.92. The number of rotatable bonds is 5. The molecule has 1 aliphatic rings. The van der Waals surface area contributed by atoms with Gasteiger partial charge in [-0.2, -0.15) is 0 Å². The molecule has 2 heterocycles. The van der Waals surface area contributed by atoms with Crippen LogP contribution in [0, 0.1) is 6.92 Å². The van der Waals surface area contributed by atoms with Gasteiger partial charge in [-0.05, 0) is 44.3 Å². The molecular weight excluding hydrogens is 294 g/mol. The quantitative estimate of drug-likeness (QED) is 0.858. The van der Waals surface area contributed by atoms with E-state index < -0.39 is 10.0 Å². The number of likely N-dealkylation sites (N-methyl/N-ethyl adjacent to an activating group) is 1. The fraction of sp³-hybridized carbons (Fsp3) is 0.692. The summed E-state index contributed by atoms with van der Waals surface area (Å²) in [5, 5.41) is 1.85. The molecule has 1 aromatic rings. The molecule has 1 atom stereocenters. The van der Waals surface area contributed by atoms with Gasteiger partial charge in [-0.25, -0.2) is 13.1 Å². The van der Waals surface area contributed by atoms with Crippen LogP contribution in [0.1, 0.15) is 29.7 Å². The van der Waals surface area contributed by atoms with Crippen molar-refractivity contribution in [2.24, 2.45) is 5.73 Å². The Kier molecular flexibility index (Phi) is 5.19. The van der Waals surface area contributed by atoms with Crippen LogP contribution in [0.25, 0.3) is 0 Å². The molecule has 0 aliphatic carbocycles. The monoisotopic (exact) mass is 317 g/mol. The highest BCUT2D eigenvalue weighted by Gasteiger charge is 2.25. The maximum absolute atomic E-state index is 12.5. The smallest absolute Gasteiger partial charge is 0.242 e. The van der Waals surface area contributed by atoms with Crippen LogP contribution in [-0.4, -0.2) is 39.5 Å². The second-order valence-electron chi connectivity index (χ2n) is 5.36. The van der Waals surface area contributed by atoms with Crippen molar-refractivity contribution < 1.29 is 8.42 Å². The molecule has 5 nitrogen and oxygen atoms in total. The zero-order valence-electron chi connectivity index (χ0n) is 12.1. The highest BCUT2D eigenvalue weighted by atomic mass is 32.2. The van der Waals surface area contributed by atoms with Gasteiger partial charge in [-0.1, -0.05) is 6.42 Å². The zero-order valence-corrected chi connectivity index (χ0v) is 13.7. The van der Waals surface area contributed by atoms with E-state index >= 15 is 0 Å². The lowest BCUT2D eigenvalue weighted by Gasteiger charge is -2.32. The maximum atomic E-state index is 12.5. The summed E-state index contributed by atoms with van der Waals surface area (Å²) in [6.07, 6.45) is 3.41. The lowest BCUT2D eigenvalue weighted by Crippen LogP contribution is -2.44. The third-order valence-electron chi connectivity index (χ3n) is 3.87. The third kappa shape index (κ3) is 3.40. The van der Waals surface area contributed by atoms with Gasteiger partial charge in [0.25, 0.3) is 0 Å². The Hall–Kier alpha value is -0.470. The van der Waals surface area contributed by atoms with Gasteiger partial charge in [0.2, 0.25) is 10.0 Å². The summed E-state index contributed by atoms with van der Waals surface area (Å²) < 4.78 is 27.7. The molecule has 0 radical (unpaired) electrons. The van der Waals surface area contributed by atoms with E-state index in [4.69, 9.17) is 5.73 Å². The Bertz CT molecular complexity index is 554. The molecule has 2 rings (SSSR count). The summed E-state index contributed by atoms with van der Waals surface area (Å²) in [6, 6.07) is 0.291. The number of sulfonamides is 1. The molecule has 0 bridgehead atoms. The summed E-state index contributed by atoms with van der Waals surface area (Å²) in [4.78, 5) is 3.34. The predicted octanol–water partition coefficient (Wildman–Crippen LogP) is 1.28. The molecule has 1 unspecified atom stereocenters. The number of nitrogens with zero attached hydrogens (tertiary/aromatic N) is 1. The Labute approximate surface area is 125 Å². The number of thiophene rings is 1. The van der Waals surface area contributed by atoms with Gasteiger partial charge in [0, 0.05) is 24.0 Å². The average Bonchev–Trinajstić information content (AvgIpc) is 2.80. The van der Waals surface area contributed by atoms with E-state index in [1.807, 2.05) is 12.3 Å². The largest absolute Gasteiger partial charge is 0.326 e. The Morgan fingerprint density at radius 1 is 1.50 bits per heavy atom. The van der Waals surface area contributed by atoms with Gasteiger partial charge in [-0.15, -0.1) is 11.3 Å². The van der Waals surface area contributed by atoms with Crippen molar-refractivity contribution in [3.05, 3.63) is 15.8 Å². The second kappa shape index (κ2) is 6.53. The summed E-state index contributed by atoms with van der Waals surface area (Å²) in [7, 11) is -1.40. The molecule has 1 aromatic heterocycles. The van der Waals surface area contributed by atoms with E-state index in [0.717, 1.165) is 23.4 Å². The van der Waals surface area contributed by atoms with Crippen LogP contribution in [0.15, 0.2) is 10.3 Å². The first kappa shape index (κ1) is 15.9. The van der Waals surface area contributed by atoms with E-state index in [1.54, 1.807) is 0 Å². The average molecular weight is 317 g/mol. The van der Waals surface area contributed by atoms with Gasteiger partial charge in [0.05, 0.1) is 0 Å². The molecule has 0 saturated carbocycles. The van der Waals surface area contributed by atoms with E-state index in [2.05, 4.69) is 16.7 Å². The molecule has 20 heavy (non-hydrogen) atoms. The van der Waals surface area contributed by atoms with E-state index in [-0.39, 0.29) is 6.54 Å². The fourth-order valence-electron chi connectivity index (χ4n) is 2.67. The van der Waals surface area contributed by atoms with Crippen LogP contribution in [0.5, 0.6) is 0 Å². The van der Waals surface area contributed by atoms with Gasteiger partial charge in [-0.3, -0.25) is 0 Å². The highest BCUT2D eigenvalue weighted by Crippen LogP contribution is 2.26. The van der Waals surface area contributed by atoms with Gasteiger partial charge in [0.15, 0.2) is 0 Å². The molecule has 0 aromatic carbocycles. The minimum atomic E-state index is -3.46. The van der Waals surface area contributed by atoms with E-state index in [1.165, 1.54) is 24.2 Å². The Balaban J connectivity index is 2.09. The molecule has 1 fully saturated rings. The van der Waals surface area contributed by atoms with Crippen molar-refractivity contribution in [2.45, 2.75) is 43.7 Å². The molecule has 1 aliphatic heterocycles. The summed E-state index contributed by atoms with van der Waals surface area (Å²) in [5.41, 5.74) is 6.41. The number of piperidine rings is 1. The number of nitrogens with one attached hydrogen (secondary N) is 1. The van der Waals surface area contributed by atoms with Crippen molar-refractivity contribution in [1.82, 2.24) is 9.62 Å². The number of likely N-dealkylation sites (tertiary alicyclic amines) is 1. The summed E-state index contributed by atoms with van der Waals surface area (Å²) in [5.74, 6) is 0. The van der Waals surface area contributed by atoms with Gasteiger partial charge < -0.3 is 10.6 Å². The number of hydrogen-bond donors (Lipinski definition) is 2. The molecule has 7 heteroatoms. The molecular formula is C13H23N3O2S2. The maximum Gasteiger partial charge on any atom is 0.242 e. The summed E-state index contributed by atoms with van der Waals surface area (Å²) >= 11 is 1.41. The molecule has 0 amide bonds. The predicted molar refractivity (Wildman–Crippen MR) is 82.4 cm³/mol. The first-order valence-corrected chi connectivity index (χ1v) is 9.29. The molecule has 3 N–H and O–H groups in total. The van der Waals surface area contributed by atoms with Crippen LogP contribution in [0.3, 0.4) is 0 Å². The lowest BCUT2D eigenvalue weighted by molar-refractivity contribution is 0.187. The van der Waals surface area contributed by atoms with Crippen molar-refractivity contribution >= 4 is 21.4 Å². The van der Waals surface area contributed by atoms with Gasteiger partial charge in [0.1, 0.15) is 4.90 Å². The lowest BCUT2D eigenvalue weighted by atomic mass is 10.0. The number of nitrogens with two attached hydrogens (primary N) is 1. The normalized spacial score (nSPS) is 21.2. The standard InChI is InChI=1S/C13H23N3O2S2/c1-10-9-19-12(7-14)13(10)20(17,18)15-8-11-5-3-4-6-16(11)2/h9,11,15H,3-8,14H2,1-2H3. The van der Waals surface area contributed by atoms with Crippen molar-refractivity contribution in [3.63, 3.8) is 0 Å². The second-order valence-corrected chi connectivity index (χ2v) is 8.03.